The molecule has 3 N–H and O–H groups in total. The van der Waals surface area contributed by atoms with Crippen LogP contribution in [0.4, 0.5) is 0 Å². The van der Waals surface area contributed by atoms with Gasteiger partial charge in [-0.05, 0) is 69.3 Å². The van der Waals surface area contributed by atoms with Crippen molar-refractivity contribution >= 4 is 0 Å². The average Bonchev–Trinajstić information content (AvgIpc) is 2.36. The second-order valence-electron chi connectivity index (χ2n) is 7.51. The Bertz CT molecular complexity index is 554. The smallest absolute Gasteiger partial charge is 0.323 e. The fraction of sp³-hybridized carbons (Fsp3) is 0.750. The molecule has 1 aromatic heterocycles. The molecule has 0 amide bonds. The molecule has 20 heavy (non-hydrogen) atoms. The lowest BCUT2D eigenvalue weighted by Gasteiger charge is -2.56. The van der Waals surface area contributed by atoms with Crippen molar-refractivity contribution in [1.82, 2.24) is 9.97 Å². The second-order valence-corrected chi connectivity index (χ2v) is 7.51. The Labute approximate surface area is 119 Å². The molecule has 1 atom stereocenters. The summed E-state index contributed by atoms with van der Waals surface area (Å²) in [5, 5.41) is 0. The number of nitrogens with zero attached hydrogens (tertiary/aromatic N) is 1. The van der Waals surface area contributed by atoms with Crippen LogP contribution in [0.15, 0.2) is 10.9 Å². The van der Waals surface area contributed by atoms with Crippen molar-refractivity contribution < 1.29 is 0 Å². The first-order valence-corrected chi connectivity index (χ1v) is 7.91. The van der Waals surface area contributed by atoms with E-state index in [-0.39, 0.29) is 17.1 Å². The van der Waals surface area contributed by atoms with Gasteiger partial charge in [-0.25, -0.2) is 4.79 Å². The normalized spacial score (nSPS) is 40.0. The van der Waals surface area contributed by atoms with Gasteiger partial charge in [-0.3, -0.25) is 0 Å². The fourth-order valence-electron chi connectivity index (χ4n) is 5.42. The molecule has 4 saturated carbocycles. The van der Waals surface area contributed by atoms with E-state index in [1.165, 1.54) is 38.5 Å². The Kier molecular flexibility index (Phi) is 2.62. The zero-order valence-electron chi connectivity index (χ0n) is 12.1. The van der Waals surface area contributed by atoms with Gasteiger partial charge in [0.15, 0.2) is 0 Å². The molecule has 4 aliphatic carbocycles. The predicted molar refractivity (Wildman–Crippen MR) is 77.3 cm³/mol. The lowest BCUT2D eigenvalue weighted by Crippen LogP contribution is -2.49. The third-order valence-corrected chi connectivity index (χ3v) is 5.84. The first kappa shape index (κ1) is 12.6. The summed E-state index contributed by atoms with van der Waals surface area (Å²) in [7, 11) is 0. The molecular formula is C16H23N3O. The fourth-order valence-corrected chi connectivity index (χ4v) is 5.42. The number of H-pyrrole nitrogens is 1. The van der Waals surface area contributed by atoms with Crippen molar-refractivity contribution in [2.75, 3.05) is 0 Å². The summed E-state index contributed by atoms with van der Waals surface area (Å²) in [6.07, 6.45) is 7.91. The highest BCUT2D eigenvalue weighted by molar-refractivity contribution is 5.25. The van der Waals surface area contributed by atoms with Gasteiger partial charge in [0.1, 0.15) is 0 Å². The highest BCUT2D eigenvalue weighted by atomic mass is 16.1. The Morgan fingerprint density at radius 1 is 1.25 bits per heavy atom. The third-order valence-electron chi connectivity index (χ3n) is 5.84. The van der Waals surface area contributed by atoms with Crippen LogP contribution in [0.1, 0.15) is 62.9 Å². The van der Waals surface area contributed by atoms with Crippen LogP contribution in [0.25, 0.3) is 0 Å². The van der Waals surface area contributed by atoms with Crippen molar-refractivity contribution in [3.8, 4) is 0 Å². The van der Waals surface area contributed by atoms with Crippen molar-refractivity contribution in [2.45, 2.75) is 56.9 Å². The first-order chi connectivity index (χ1) is 9.54. The van der Waals surface area contributed by atoms with Crippen molar-refractivity contribution in [2.24, 2.45) is 23.5 Å². The lowest BCUT2D eigenvalue weighted by atomic mass is 9.49. The van der Waals surface area contributed by atoms with E-state index in [0.29, 0.717) is 0 Å². The summed E-state index contributed by atoms with van der Waals surface area (Å²) in [4.78, 5) is 19.0. The summed E-state index contributed by atoms with van der Waals surface area (Å²) >= 11 is 0. The number of nitrogens with two attached hydrogens (primary N) is 1. The maximum Gasteiger partial charge on any atom is 0.345 e. The van der Waals surface area contributed by atoms with Gasteiger partial charge >= 0.3 is 5.69 Å². The van der Waals surface area contributed by atoms with Gasteiger partial charge in [-0.1, -0.05) is 0 Å². The molecule has 1 unspecified atom stereocenters. The molecule has 0 radical (unpaired) electrons. The minimum atomic E-state index is -0.231. The maximum atomic E-state index is 11.9. The van der Waals surface area contributed by atoms with E-state index in [0.717, 1.165) is 29.1 Å². The van der Waals surface area contributed by atoms with Gasteiger partial charge in [0, 0.05) is 17.2 Å². The number of hydrogen-bond donors (Lipinski definition) is 2. The summed E-state index contributed by atoms with van der Waals surface area (Å²) in [5.41, 5.74) is 7.74. The van der Waals surface area contributed by atoms with Crippen LogP contribution in [0, 0.1) is 17.8 Å². The predicted octanol–water partition coefficient (Wildman–Crippen LogP) is 2.26. The average molecular weight is 273 g/mol. The summed E-state index contributed by atoms with van der Waals surface area (Å²) in [6.45, 7) is 1.91. The summed E-state index contributed by atoms with van der Waals surface area (Å²) in [5.74, 6) is 2.59. The molecule has 1 aromatic rings. The number of aromatic nitrogens is 2. The van der Waals surface area contributed by atoms with Gasteiger partial charge in [-0.2, -0.15) is 4.98 Å². The van der Waals surface area contributed by atoms with Gasteiger partial charge in [0.2, 0.25) is 0 Å². The van der Waals surface area contributed by atoms with Gasteiger partial charge in [0.25, 0.3) is 0 Å². The lowest BCUT2D eigenvalue weighted by molar-refractivity contribution is -0.00742. The quantitative estimate of drug-likeness (QED) is 0.868. The zero-order valence-corrected chi connectivity index (χ0v) is 12.1. The third kappa shape index (κ3) is 1.85. The van der Waals surface area contributed by atoms with Crippen LogP contribution in [-0.4, -0.2) is 9.97 Å². The molecule has 108 valence electrons. The number of rotatable bonds is 2. The first-order valence-electron chi connectivity index (χ1n) is 7.91. The van der Waals surface area contributed by atoms with Crippen molar-refractivity contribution in [3.63, 3.8) is 0 Å². The van der Waals surface area contributed by atoms with Crippen LogP contribution in [-0.2, 0) is 5.41 Å². The van der Waals surface area contributed by atoms with E-state index in [1.807, 2.05) is 6.92 Å². The SMILES string of the molecule is CC(N)c1cc(C23CC4CC(CC(C4)C2)C3)nc(=O)[nH]1. The Hall–Kier alpha value is -1.16. The van der Waals surface area contributed by atoms with Crippen LogP contribution in [0.3, 0.4) is 0 Å². The number of hydrogen-bond acceptors (Lipinski definition) is 3. The zero-order chi connectivity index (χ0) is 13.9. The van der Waals surface area contributed by atoms with Crippen LogP contribution < -0.4 is 11.4 Å². The molecule has 0 aliphatic heterocycles. The van der Waals surface area contributed by atoms with E-state index >= 15 is 0 Å². The van der Waals surface area contributed by atoms with Gasteiger partial charge in [-0.15, -0.1) is 0 Å². The highest BCUT2D eigenvalue weighted by Crippen LogP contribution is 2.60. The van der Waals surface area contributed by atoms with E-state index in [4.69, 9.17) is 5.73 Å². The van der Waals surface area contributed by atoms with Gasteiger partial charge < -0.3 is 10.7 Å². The standard InChI is InChI=1S/C16H23N3O/c1-9(17)13-5-14(19-15(20)18-13)16-6-10-2-11(7-16)4-12(3-10)8-16/h5,9-12H,2-4,6-8,17H2,1H3,(H,18,19,20). The molecule has 0 spiro atoms. The van der Waals surface area contributed by atoms with Crippen molar-refractivity contribution in [1.29, 1.82) is 0 Å². The van der Waals surface area contributed by atoms with Crippen LogP contribution in [0.5, 0.6) is 0 Å². The largest absolute Gasteiger partial charge is 0.345 e. The molecule has 4 nitrogen and oxygen atoms in total. The highest BCUT2D eigenvalue weighted by Gasteiger charge is 2.52. The number of nitrogens with one attached hydrogen (secondary N) is 1. The molecular weight excluding hydrogens is 250 g/mol. The van der Waals surface area contributed by atoms with E-state index in [2.05, 4.69) is 16.0 Å². The topological polar surface area (TPSA) is 71.8 Å². The van der Waals surface area contributed by atoms with Crippen LogP contribution >= 0.6 is 0 Å². The molecule has 5 rings (SSSR count). The maximum absolute atomic E-state index is 11.9. The van der Waals surface area contributed by atoms with E-state index in [1.54, 1.807) is 0 Å². The summed E-state index contributed by atoms with van der Waals surface area (Å²) in [6, 6.07) is 1.93. The monoisotopic (exact) mass is 273 g/mol. The Balaban J connectivity index is 1.79. The number of aromatic amines is 1. The molecule has 4 heteroatoms. The molecule has 0 saturated heterocycles. The second kappa shape index (κ2) is 4.17. The minimum Gasteiger partial charge on any atom is -0.323 e. The van der Waals surface area contributed by atoms with E-state index < -0.39 is 0 Å². The van der Waals surface area contributed by atoms with E-state index in [9.17, 15) is 4.79 Å². The van der Waals surface area contributed by atoms with Gasteiger partial charge in [0.05, 0.1) is 5.69 Å². The van der Waals surface area contributed by atoms with Crippen LogP contribution in [0.2, 0.25) is 0 Å². The molecule has 4 fully saturated rings. The Morgan fingerprint density at radius 2 is 1.80 bits per heavy atom. The molecule has 4 bridgehead atoms. The molecule has 4 aliphatic rings. The minimum absolute atomic E-state index is 0.140. The summed E-state index contributed by atoms with van der Waals surface area (Å²) < 4.78 is 0. The van der Waals surface area contributed by atoms with Crippen molar-refractivity contribution in [3.05, 3.63) is 27.9 Å². The molecule has 0 aromatic carbocycles. The molecule has 1 heterocycles. The Morgan fingerprint density at radius 3 is 2.30 bits per heavy atom.